The monoisotopic (exact) mass is 469 g/mol. The summed E-state index contributed by atoms with van der Waals surface area (Å²) in [4.78, 5) is 30.9. The molecule has 2 N–H and O–H groups in total. The SMILES string of the molecule is O=C(CSc1cccc(NC(=O)c2ccc(F)cc2)c1)Nc1nc(-c2cccs2)cs1. The minimum absolute atomic E-state index is 0.155. The van der Waals surface area contributed by atoms with Crippen molar-refractivity contribution in [3.63, 3.8) is 0 Å². The van der Waals surface area contributed by atoms with Crippen molar-refractivity contribution >= 4 is 57.1 Å². The highest BCUT2D eigenvalue weighted by atomic mass is 32.2. The van der Waals surface area contributed by atoms with Gasteiger partial charge in [-0.3, -0.25) is 9.59 Å². The Morgan fingerprint density at radius 2 is 1.84 bits per heavy atom. The van der Waals surface area contributed by atoms with E-state index >= 15 is 0 Å². The predicted octanol–water partition coefficient (Wildman–Crippen LogP) is 5.99. The Labute approximate surface area is 190 Å². The van der Waals surface area contributed by atoms with Crippen LogP contribution in [-0.2, 0) is 4.79 Å². The Hall–Kier alpha value is -3.01. The van der Waals surface area contributed by atoms with Crippen molar-refractivity contribution in [1.82, 2.24) is 4.98 Å². The third-order valence-corrected chi connectivity index (χ3v) is 6.74. The van der Waals surface area contributed by atoms with Gasteiger partial charge in [-0.05, 0) is 53.9 Å². The highest BCUT2D eigenvalue weighted by molar-refractivity contribution is 8.00. The number of halogens is 1. The minimum Gasteiger partial charge on any atom is -0.322 e. The van der Waals surface area contributed by atoms with E-state index in [9.17, 15) is 14.0 Å². The van der Waals surface area contributed by atoms with Crippen LogP contribution < -0.4 is 10.6 Å². The van der Waals surface area contributed by atoms with Gasteiger partial charge in [-0.25, -0.2) is 9.37 Å². The quantitative estimate of drug-likeness (QED) is 0.326. The molecule has 2 aromatic heterocycles. The second kappa shape index (κ2) is 9.86. The number of nitrogens with zero attached hydrogens (tertiary/aromatic N) is 1. The van der Waals surface area contributed by atoms with E-state index in [2.05, 4.69) is 15.6 Å². The standard InChI is InChI=1S/C22H16FN3O2S3/c23-15-8-6-14(7-9-15)21(28)24-16-3-1-4-17(11-16)30-13-20(27)26-22-25-18(12-31-22)19-5-2-10-29-19/h1-12H,13H2,(H,24,28)(H,25,26,27). The van der Waals surface area contributed by atoms with Crippen LogP contribution in [0.15, 0.2) is 76.3 Å². The molecule has 9 heteroatoms. The molecule has 5 nitrogen and oxygen atoms in total. The van der Waals surface area contributed by atoms with Crippen molar-refractivity contribution in [3.8, 4) is 10.6 Å². The molecule has 0 atom stereocenters. The summed E-state index contributed by atoms with van der Waals surface area (Å²) < 4.78 is 13.0. The smallest absolute Gasteiger partial charge is 0.255 e. The number of thioether (sulfide) groups is 1. The molecule has 0 spiro atoms. The molecule has 0 aliphatic heterocycles. The number of nitrogens with one attached hydrogen (secondary N) is 2. The molecule has 0 aliphatic carbocycles. The van der Waals surface area contributed by atoms with Gasteiger partial charge in [0.1, 0.15) is 5.82 Å². The number of thiazole rings is 1. The van der Waals surface area contributed by atoms with Crippen molar-refractivity contribution in [2.45, 2.75) is 4.90 Å². The molecule has 0 unspecified atom stereocenters. The predicted molar refractivity (Wildman–Crippen MR) is 126 cm³/mol. The van der Waals surface area contributed by atoms with Crippen LogP contribution in [0, 0.1) is 5.82 Å². The van der Waals surface area contributed by atoms with Crippen LogP contribution in [0.1, 0.15) is 10.4 Å². The van der Waals surface area contributed by atoms with E-state index in [1.54, 1.807) is 29.5 Å². The number of benzene rings is 2. The maximum Gasteiger partial charge on any atom is 0.255 e. The van der Waals surface area contributed by atoms with Crippen molar-refractivity contribution in [1.29, 1.82) is 0 Å². The molecule has 31 heavy (non-hydrogen) atoms. The van der Waals surface area contributed by atoms with Crippen LogP contribution >= 0.6 is 34.4 Å². The van der Waals surface area contributed by atoms with E-state index in [0.717, 1.165) is 15.5 Å². The van der Waals surface area contributed by atoms with E-state index in [4.69, 9.17) is 0 Å². The zero-order valence-electron chi connectivity index (χ0n) is 16.0. The molecule has 0 saturated carbocycles. The van der Waals surface area contributed by atoms with Gasteiger partial charge in [0.2, 0.25) is 5.91 Å². The number of aromatic nitrogens is 1. The summed E-state index contributed by atoms with van der Waals surface area (Å²) in [6, 6.07) is 16.5. The molecule has 2 aromatic carbocycles. The third kappa shape index (κ3) is 5.78. The molecule has 156 valence electrons. The Kier molecular flexibility index (Phi) is 6.76. The van der Waals surface area contributed by atoms with Crippen molar-refractivity contribution in [2.75, 3.05) is 16.4 Å². The molecular formula is C22H16FN3O2S3. The lowest BCUT2D eigenvalue weighted by Crippen LogP contribution is -2.14. The number of hydrogen-bond acceptors (Lipinski definition) is 6. The number of anilines is 2. The third-order valence-electron chi connectivity index (χ3n) is 4.09. The summed E-state index contributed by atoms with van der Waals surface area (Å²) in [6.45, 7) is 0. The van der Waals surface area contributed by atoms with Gasteiger partial charge in [0.15, 0.2) is 5.13 Å². The normalized spacial score (nSPS) is 10.6. The molecule has 0 radical (unpaired) electrons. The van der Waals surface area contributed by atoms with Gasteiger partial charge in [-0.15, -0.1) is 34.4 Å². The first kappa shape index (κ1) is 21.2. The highest BCUT2D eigenvalue weighted by Gasteiger charge is 2.10. The number of carbonyl (C=O) groups is 2. The fourth-order valence-corrected chi connectivity index (χ4v) is 4.88. The lowest BCUT2D eigenvalue weighted by molar-refractivity contribution is -0.113. The van der Waals surface area contributed by atoms with Crippen molar-refractivity contribution in [2.24, 2.45) is 0 Å². The van der Waals surface area contributed by atoms with E-state index < -0.39 is 5.82 Å². The van der Waals surface area contributed by atoms with Gasteiger partial charge in [0.05, 0.1) is 16.3 Å². The molecule has 0 fully saturated rings. The van der Waals surface area contributed by atoms with Crippen molar-refractivity contribution < 1.29 is 14.0 Å². The molecule has 2 heterocycles. The first-order valence-electron chi connectivity index (χ1n) is 9.16. The van der Waals surface area contributed by atoms with Gasteiger partial charge in [-0.2, -0.15) is 0 Å². The van der Waals surface area contributed by atoms with E-state index in [-0.39, 0.29) is 17.6 Å². The lowest BCUT2D eigenvalue weighted by Gasteiger charge is -2.07. The van der Waals surface area contributed by atoms with E-state index in [1.165, 1.54) is 47.4 Å². The first-order chi connectivity index (χ1) is 15.1. The number of carbonyl (C=O) groups excluding carboxylic acids is 2. The van der Waals surface area contributed by atoms with Crippen LogP contribution in [0.2, 0.25) is 0 Å². The van der Waals surface area contributed by atoms with Crippen LogP contribution in [0.25, 0.3) is 10.6 Å². The van der Waals surface area contributed by atoms with Gasteiger partial charge in [0.25, 0.3) is 5.91 Å². The van der Waals surface area contributed by atoms with E-state index in [0.29, 0.717) is 16.4 Å². The van der Waals surface area contributed by atoms with Crippen LogP contribution in [0.4, 0.5) is 15.2 Å². The summed E-state index contributed by atoms with van der Waals surface area (Å²) in [5.41, 5.74) is 1.82. The second-order valence-corrected chi connectivity index (χ2v) is 9.20. The second-order valence-electron chi connectivity index (χ2n) is 6.34. The number of thiophene rings is 1. The average molecular weight is 470 g/mol. The molecule has 0 saturated heterocycles. The molecule has 0 aliphatic rings. The van der Waals surface area contributed by atoms with Gasteiger partial charge < -0.3 is 10.6 Å². The summed E-state index contributed by atoms with van der Waals surface area (Å²) >= 11 is 4.35. The molecule has 4 rings (SSSR count). The Morgan fingerprint density at radius 1 is 1.00 bits per heavy atom. The molecule has 2 amide bonds. The zero-order chi connectivity index (χ0) is 21.6. The van der Waals surface area contributed by atoms with Crippen LogP contribution in [-0.4, -0.2) is 22.6 Å². The summed E-state index contributed by atoms with van der Waals surface area (Å²) in [7, 11) is 0. The summed E-state index contributed by atoms with van der Waals surface area (Å²) in [6.07, 6.45) is 0. The number of hydrogen-bond donors (Lipinski definition) is 2. The Morgan fingerprint density at radius 3 is 2.61 bits per heavy atom. The lowest BCUT2D eigenvalue weighted by atomic mass is 10.2. The topological polar surface area (TPSA) is 71.1 Å². The van der Waals surface area contributed by atoms with Gasteiger partial charge >= 0.3 is 0 Å². The van der Waals surface area contributed by atoms with Crippen molar-refractivity contribution in [3.05, 3.63) is 82.8 Å². The number of amides is 2. The maximum absolute atomic E-state index is 13.0. The largest absolute Gasteiger partial charge is 0.322 e. The highest BCUT2D eigenvalue weighted by Crippen LogP contribution is 2.28. The van der Waals surface area contributed by atoms with Gasteiger partial charge in [-0.1, -0.05) is 12.1 Å². The molecule has 0 bridgehead atoms. The van der Waals surface area contributed by atoms with Crippen LogP contribution in [0.3, 0.4) is 0 Å². The molecular weight excluding hydrogens is 453 g/mol. The zero-order valence-corrected chi connectivity index (χ0v) is 18.5. The number of rotatable bonds is 7. The van der Waals surface area contributed by atoms with Crippen LogP contribution in [0.5, 0.6) is 0 Å². The maximum atomic E-state index is 13.0. The first-order valence-corrected chi connectivity index (χ1v) is 11.9. The van der Waals surface area contributed by atoms with Gasteiger partial charge in [0, 0.05) is 21.5 Å². The fourth-order valence-electron chi connectivity index (χ4n) is 2.64. The average Bonchev–Trinajstić information content (AvgIpc) is 3.45. The Balaban J connectivity index is 1.31. The van der Waals surface area contributed by atoms with E-state index in [1.807, 2.05) is 29.0 Å². The minimum atomic E-state index is -0.395. The summed E-state index contributed by atoms with van der Waals surface area (Å²) in [5, 5.41) is 10.1. The fraction of sp³-hybridized carbons (Fsp3) is 0.0455. The molecule has 4 aromatic rings. The summed E-state index contributed by atoms with van der Waals surface area (Å²) in [5.74, 6) is -0.666. The Bertz CT molecular complexity index is 1190.